The summed E-state index contributed by atoms with van der Waals surface area (Å²) in [5.74, 6) is 0.719. The van der Waals surface area contributed by atoms with Crippen LogP contribution in [0.3, 0.4) is 0 Å². The van der Waals surface area contributed by atoms with Crippen LogP contribution in [0.2, 0.25) is 0 Å². The van der Waals surface area contributed by atoms with Crippen LogP contribution in [0.4, 0.5) is 11.4 Å². The summed E-state index contributed by atoms with van der Waals surface area (Å²) in [6.07, 6.45) is 2.36. The fourth-order valence-corrected chi connectivity index (χ4v) is 2.56. The van der Waals surface area contributed by atoms with E-state index in [0.717, 1.165) is 53.5 Å². The molecule has 0 aliphatic carbocycles. The highest BCUT2D eigenvalue weighted by Crippen LogP contribution is 2.28. The maximum absolute atomic E-state index is 5.84. The molecule has 0 aromatic heterocycles. The molecule has 0 saturated carbocycles. The first-order valence-corrected chi connectivity index (χ1v) is 6.83. The van der Waals surface area contributed by atoms with E-state index in [0.29, 0.717) is 0 Å². The van der Waals surface area contributed by atoms with Crippen molar-refractivity contribution >= 4 is 27.3 Å². The first kappa shape index (κ1) is 12.7. The lowest BCUT2D eigenvalue weighted by molar-refractivity contribution is 0.185. The molecule has 1 saturated heterocycles. The zero-order valence-corrected chi connectivity index (χ0v) is 11.7. The number of anilines is 2. The molecule has 1 aliphatic rings. The van der Waals surface area contributed by atoms with Crippen molar-refractivity contribution in [3.05, 3.63) is 22.2 Å². The number of hydrogen-bond acceptors (Lipinski definition) is 3. The van der Waals surface area contributed by atoms with Gasteiger partial charge in [-0.05, 0) is 59.3 Å². The standard InChI is InChI=1S/C13H19BrN2O/c1-9-6-13(11(14)7-12(9)15)16-4-2-10-3-5-17-8-10/h6-7,10,16H,2-5,8,15H2,1H3. The van der Waals surface area contributed by atoms with Crippen molar-refractivity contribution in [3.8, 4) is 0 Å². The molecule has 1 aromatic carbocycles. The molecule has 94 valence electrons. The van der Waals surface area contributed by atoms with Gasteiger partial charge in [-0.25, -0.2) is 0 Å². The van der Waals surface area contributed by atoms with Gasteiger partial charge in [0.15, 0.2) is 0 Å². The molecule has 0 amide bonds. The molecule has 3 N–H and O–H groups in total. The van der Waals surface area contributed by atoms with Crippen molar-refractivity contribution in [2.24, 2.45) is 5.92 Å². The van der Waals surface area contributed by atoms with Crippen LogP contribution in [-0.2, 0) is 4.74 Å². The third-order valence-corrected chi connectivity index (χ3v) is 3.90. The Morgan fingerprint density at radius 2 is 2.35 bits per heavy atom. The van der Waals surface area contributed by atoms with E-state index < -0.39 is 0 Å². The highest BCUT2D eigenvalue weighted by molar-refractivity contribution is 9.10. The van der Waals surface area contributed by atoms with Gasteiger partial charge < -0.3 is 15.8 Å². The molecule has 1 fully saturated rings. The van der Waals surface area contributed by atoms with E-state index in [1.807, 2.05) is 13.0 Å². The summed E-state index contributed by atoms with van der Waals surface area (Å²) >= 11 is 3.53. The second kappa shape index (κ2) is 5.74. The van der Waals surface area contributed by atoms with Gasteiger partial charge in [0.1, 0.15) is 0 Å². The summed E-state index contributed by atoms with van der Waals surface area (Å²) in [5.41, 5.74) is 8.90. The van der Waals surface area contributed by atoms with Gasteiger partial charge >= 0.3 is 0 Å². The smallest absolute Gasteiger partial charge is 0.0495 e. The van der Waals surface area contributed by atoms with Gasteiger partial charge in [-0.1, -0.05) is 0 Å². The van der Waals surface area contributed by atoms with Crippen LogP contribution < -0.4 is 11.1 Å². The van der Waals surface area contributed by atoms with E-state index in [4.69, 9.17) is 10.5 Å². The molecule has 1 atom stereocenters. The van der Waals surface area contributed by atoms with Crippen LogP contribution in [0.5, 0.6) is 0 Å². The van der Waals surface area contributed by atoms with Crippen molar-refractivity contribution in [1.29, 1.82) is 0 Å². The summed E-state index contributed by atoms with van der Waals surface area (Å²) in [6, 6.07) is 4.04. The third-order valence-electron chi connectivity index (χ3n) is 3.25. The van der Waals surface area contributed by atoms with E-state index in [-0.39, 0.29) is 0 Å². The van der Waals surface area contributed by atoms with Crippen LogP contribution in [0.1, 0.15) is 18.4 Å². The molecule has 1 heterocycles. The molecule has 0 spiro atoms. The third kappa shape index (κ3) is 3.36. The average Bonchev–Trinajstić information content (AvgIpc) is 2.78. The molecule has 2 rings (SSSR count). The lowest BCUT2D eigenvalue weighted by Crippen LogP contribution is -2.09. The minimum absolute atomic E-state index is 0.719. The Labute approximate surface area is 111 Å². The maximum Gasteiger partial charge on any atom is 0.0495 e. The van der Waals surface area contributed by atoms with E-state index in [9.17, 15) is 0 Å². The number of nitrogens with one attached hydrogen (secondary N) is 1. The topological polar surface area (TPSA) is 47.3 Å². The summed E-state index contributed by atoms with van der Waals surface area (Å²) in [5, 5.41) is 3.45. The summed E-state index contributed by atoms with van der Waals surface area (Å²) in [7, 11) is 0. The molecule has 4 heteroatoms. The first-order valence-electron chi connectivity index (χ1n) is 6.04. The van der Waals surface area contributed by atoms with Crippen molar-refractivity contribution < 1.29 is 4.74 Å². The Hall–Kier alpha value is -0.740. The van der Waals surface area contributed by atoms with Gasteiger partial charge in [-0.3, -0.25) is 0 Å². The fraction of sp³-hybridized carbons (Fsp3) is 0.538. The normalized spacial score (nSPS) is 19.5. The number of aryl methyl sites for hydroxylation is 1. The van der Waals surface area contributed by atoms with Crippen LogP contribution in [0.15, 0.2) is 16.6 Å². The zero-order chi connectivity index (χ0) is 12.3. The summed E-state index contributed by atoms with van der Waals surface area (Å²) in [6.45, 7) is 4.85. The minimum Gasteiger partial charge on any atom is -0.398 e. The number of nitrogen functional groups attached to an aromatic ring is 1. The Kier molecular flexibility index (Phi) is 4.29. The highest BCUT2D eigenvalue weighted by Gasteiger charge is 2.14. The van der Waals surface area contributed by atoms with E-state index >= 15 is 0 Å². The average molecular weight is 299 g/mol. The molecule has 1 unspecified atom stereocenters. The highest BCUT2D eigenvalue weighted by atomic mass is 79.9. The molecule has 1 aromatic rings. The Morgan fingerprint density at radius 1 is 1.53 bits per heavy atom. The Bertz CT molecular complexity index is 389. The number of nitrogens with two attached hydrogens (primary N) is 1. The quantitative estimate of drug-likeness (QED) is 0.839. The van der Waals surface area contributed by atoms with Gasteiger partial charge in [0.25, 0.3) is 0 Å². The van der Waals surface area contributed by atoms with E-state index in [1.54, 1.807) is 0 Å². The molecule has 0 radical (unpaired) electrons. The monoisotopic (exact) mass is 298 g/mol. The van der Waals surface area contributed by atoms with Crippen molar-refractivity contribution in [3.63, 3.8) is 0 Å². The molecular formula is C13H19BrN2O. The second-order valence-corrected chi connectivity index (χ2v) is 5.49. The number of hydrogen-bond donors (Lipinski definition) is 2. The number of rotatable bonds is 4. The largest absolute Gasteiger partial charge is 0.398 e. The SMILES string of the molecule is Cc1cc(NCCC2CCOC2)c(Br)cc1N. The van der Waals surface area contributed by atoms with Crippen LogP contribution in [-0.4, -0.2) is 19.8 Å². The van der Waals surface area contributed by atoms with Gasteiger partial charge in [-0.15, -0.1) is 0 Å². The molecule has 1 aliphatic heterocycles. The zero-order valence-electron chi connectivity index (χ0n) is 10.1. The van der Waals surface area contributed by atoms with Gasteiger partial charge in [0.05, 0.1) is 0 Å². The lowest BCUT2D eigenvalue weighted by atomic mass is 10.1. The van der Waals surface area contributed by atoms with Crippen molar-refractivity contribution in [2.45, 2.75) is 19.8 Å². The predicted octanol–water partition coefficient (Wildman–Crippen LogP) is 3.18. The maximum atomic E-state index is 5.84. The molecule has 3 nitrogen and oxygen atoms in total. The van der Waals surface area contributed by atoms with Crippen LogP contribution in [0, 0.1) is 12.8 Å². The van der Waals surface area contributed by atoms with E-state index in [2.05, 4.69) is 27.3 Å². The number of ether oxygens (including phenoxy) is 1. The van der Waals surface area contributed by atoms with Gasteiger partial charge in [0, 0.05) is 35.6 Å². The minimum atomic E-state index is 0.719. The number of halogens is 1. The van der Waals surface area contributed by atoms with Crippen LogP contribution >= 0.6 is 15.9 Å². The van der Waals surface area contributed by atoms with Crippen LogP contribution in [0.25, 0.3) is 0 Å². The lowest BCUT2D eigenvalue weighted by Gasteiger charge is -2.13. The van der Waals surface area contributed by atoms with Crippen molar-refractivity contribution in [2.75, 3.05) is 30.8 Å². The number of benzene rings is 1. The Morgan fingerprint density at radius 3 is 3.06 bits per heavy atom. The van der Waals surface area contributed by atoms with E-state index in [1.165, 1.54) is 6.42 Å². The summed E-state index contributed by atoms with van der Waals surface area (Å²) in [4.78, 5) is 0. The Balaban J connectivity index is 1.87. The fourth-order valence-electron chi connectivity index (χ4n) is 2.05. The first-order chi connectivity index (χ1) is 8.16. The van der Waals surface area contributed by atoms with Gasteiger partial charge in [-0.2, -0.15) is 0 Å². The molecule has 17 heavy (non-hydrogen) atoms. The predicted molar refractivity (Wildman–Crippen MR) is 75.3 cm³/mol. The van der Waals surface area contributed by atoms with Crippen molar-refractivity contribution in [1.82, 2.24) is 0 Å². The molecule has 0 bridgehead atoms. The second-order valence-electron chi connectivity index (χ2n) is 4.63. The molecular weight excluding hydrogens is 280 g/mol. The van der Waals surface area contributed by atoms with Gasteiger partial charge in [0.2, 0.25) is 0 Å². The summed E-state index contributed by atoms with van der Waals surface area (Å²) < 4.78 is 6.40.